The number of nitrogens with zero attached hydrogens (tertiary/aromatic N) is 2. The highest BCUT2D eigenvalue weighted by Crippen LogP contribution is 2.23. The predicted molar refractivity (Wildman–Crippen MR) is 114 cm³/mol. The summed E-state index contributed by atoms with van der Waals surface area (Å²) >= 11 is 6.38. The first-order valence-electron chi connectivity index (χ1n) is 8.11. The van der Waals surface area contributed by atoms with Gasteiger partial charge in [-0.2, -0.15) is 5.10 Å². The van der Waals surface area contributed by atoms with Gasteiger partial charge in [0.15, 0.2) is 4.32 Å². The van der Waals surface area contributed by atoms with Crippen molar-refractivity contribution in [3.8, 4) is 0 Å². The Morgan fingerprint density at radius 2 is 1.85 bits per heavy atom. The number of anilines is 1. The van der Waals surface area contributed by atoms with Gasteiger partial charge in [0.2, 0.25) is 5.91 Å². The summed E-state index contributed by atoms with van der Waals surface area (Å²) < 4.78 is 0.438. The summed E-state index contributed by atoms with van der Waals surface area (Å²) in [5.41, 5.74) is 5.74. The van der Waals surface area contributed by atoms with E-state index in [0.717, 1.165) is 11.3 Å². The molecule has 0 atom stereocenters. The van der Waals surface area contributed by atoms with E-state index >= 15 is 0 Å². The average Bonchev–Trinajstić information content (AvgIpc) is 2.60. The van der Waals surface area contributed by atoms with Crippen LogP contribution in [0, 0.1) is 0 Å². The van der Waals surface area contributed by atoms with Crippen LogP contribution in [0.4, 0.5) is 5.69 Å². The fourth-order valence-corrected chi connectivity index (χ4v) is 2.70. The summed E-state index contributed by atoms with van der Waals surface area (Å²) in [6.45, 7) is 6.47. The minimum atomic E-state index is -0.110. The topological polar surface area (TPSA) is 66.4 Å². The zero-order valence-electron chi connectivity index (χ0n) is 15.0. The van der Waals surface area contributed by atoms with Crippen molar-refractivity contribution in [2.45, 2.75) is 26.2 Å². The second-order valence-corrected chi connectivity index (χ2v) is 8.25. The molecule has 1 amide bonds. The lowest BCUT2D eigenvalue weighted by Gasteiger charge is -2.19. The molecule has 7 heteroatoms. The Morgan fingerprint density at radius 1 is 1.19 bits per heavy atom. The van der Waals surface area contributed by atoms with Gasteiger partial charge in [0, 0.05) is 18.1 Å². The Bertz CT molecular complexity index is 768. The van der Waals surface area contributed by atoms with Crippen LogP contribution in [0.1, 0.15) is 31.9 Å². The van der Waals surface area contributed by atoms with Crippen molar-refractivity contribution in [1.82, 2.24) is 10.4 Å². The van der Waals surface area contributed by atoms with Gasteiger partial charge in [0.25, 0.3) is 0 Å². The van der Waals surface area contributed by atoms with Gasteiger partial charge in [-0.15, -0.1) is 0 Å². The molecule has 0 saturated heterocycles. The monoisotopic (exact) mass is 386 g/mol. The standard InChI is InChI=1S/C19H22N4OS2/c1-19(2,3)15-4-6-16(7-5-15)22-17(24)13-26-18(25)23-21-12-14-8-10-20-11-9-14/h4-12H,13H2,1-3H3,(H,22,24)(H,23,25)/b21-12+. The number of carbonyl (C=O) groups excluding carboxylic acids is 1. The van der Waals surface area contributed by atoms with Crippen molar-refractivity contribution in [2.24, 2.45) is 5.10 Å². The minimum absolute atomic E-state index is 0.0903. The maximum Gasteiger partial charge on any atom is 0.234 e. The zero-order chi connectivity index (χ0) is 19.0. The van der Waals surface area contributed by atoms with Crippen LogP contribution in [0.15, 0.2) is 53.9 Å². The fourth-order valence-electron chi connectivity index (χ4n) is 2.02. The Kier molecular flexibility index (Phi) is 7.29. The first-order chi connectivity index (χ1) is 12.3. The molecule has 1 aromatic carbocycles. The predicted octanol–water partition coefficient (Wildman–Crippen LogP) is 3.96. The molecule has 1 aromatic heterocycles. The largest absolute Gasteiger partial charge is 0.325 e. The highest BCUT2D eigenvalue weighted by Gasteiger charge is 2.13. The number of nitrogens with one attached hydrogen (secondary N) is 2. The molecule has 0 aliphatic heterocycles. The molecule has 136 valence electrons. The number of aromatic nitrogens is 1. The number of hydrogen-bond acceptors (Lipinski definition) is 5. The smallest absolute Gasteiger partial charge is 0.234 e. The molecule has 0 bridgehead atoms. The lowest BCUT2D eigenvalue weighted by Crippen LogP contribution is -2.19. The molecule has 26 heavy (non-hydrogen) atoms. The molecule has 1 heterocycles. The van der Waals surface area contributed by atoms with E-state index in [4.69, 9.17) is 12.2 Å². The SMILES string of the molecule is CC(C)(C)c1ccc(NC(=O)CSC(=S)N/N=C/c2ccncc2)cc1. The summed E-state index contributed by atoms with van der Waals surface area (Å²) in [6, 6.07) is 11.6. The molecular weight excluding hydrogens is 364 g/mol. The third-order valence-corrected chi connectivity index (χ3v) is 4.65. The van der Waals surface area contributed by atoms with E-state index in [9.17, 15) is 4.79 Å². The van der Waals surface area contributed by atoms with E-state index < -0.39 is 0 Å². The Morgan fingerprint density at radius 3 is 2.46 bits per heavy atom. The van der Waals surface area contributed by atoms with Crippen molar-refractivity contribution < 1.29 is 4.79 Å². The Hall–Kier alpha value is -2.25. The van der Waals surface area contributed by atoms with Gasteiger partial charge in [-0.1, -0.05) is 56.9 Å². The molecular formula is C19H22N4OS2. The number of hydrazone groups is 1. The van der Waals surface area contributed by atoms with Crippen LogP contribution >= 0.6 is 24.0 Å². The van der Waals surface area contributed by atoms with Gasteiger partial charge in [-0.25, -0.2) is 0 Å². The average molecular weight is 387 g/mol. The third-order valence-electron chi connectivity index (χ3n) is 3.44. The summed E-state index contributed by atoms with van der Waals surface area (Å²) in [6.07, 6.45) is 5.02. The number of rotatable bonds is 5. The van der Waals surface area contributed by atoms with Gasteiger partial charge in [-0.3, -0.25) is 15.2 Å². The molecule has 0 saturated carbocycles. The zero-order valence-corrected chi connectivity index (χ0v) is 16.7. The molecule has 0 aliphatic carbocycles. The molecule has 0 aliphatic rings. The molecule has 0 spiro atoms. The first-order valence-corrected chi connectivity index (χ1v) is 9.50. The number of thiocarbonyl (C=S) groups is 1. The summed E-state index contributed by atoms with van der Waals surface area (Å²) in [7, 11) is 0. The molecule has 5 nitrogen and oxygen atoms in total. The van der Waals surface area contributed by atoms with E-state index in [1.807, 2.05) is 36.4 Å². The highest BCUT2D eigenvalue weighted by molar-refractivity contribution is 8.23. The van der Waals surface area contributed by atoms with Gasteiger partial charge in [-0.05, 0) is 40.8 Å². The van der Waals surface area contributed by atoms with Gasteiger partial charge in [0.1, 0.15) is 0 Å². The molecule has 2 rings (SSSR count). The number of pyridine rings is 1. The van der Waals surface area contributed by atoms with E-state index in [-0.39, 0.29) is 17.1 Å². The number of thioether (sulfide) groups is 1. The molecule has 0 fully saturated rings. The van der Waals surface area contributed by atoms with Crippen LogP contribution in [0.2, 0.25) is 0 Å². The van der Waals surface area contributed by atoms with Gasteiger partial charge < -0.3 is 5.32 Å². The van der Waals surface area contributed by atoms with Crippen molar-refractivity contribution in [2.75, 3.05) is 11.1 Å². The van der Waals surface area contributed by atoms with Crippen molar-refractivity contribution in [3.63, 3.8) is 0 Å². The quantitative estimate of drug-likeness (QED) is 0.463. The van der Waals surface area contributed by atoms with E-state index in [1.165, 1.54) is 17.3 Å². The molecule has 0 radical (unpaired) electrons. The van der Waals surface area contributed by atoms with Crippen molar-refractivity contribution >= 4 is 46.1 Å². The third kappa shape index (κ3) is 6.93. The second kappa shape index (κ2) is 9.45. The summed E-state index contributed by atoms with van der Waals surface area (Å²) in [5, 5.41) is 6.90. The van der Waals surface area contributed by atoms with Crippen LogP contribution in [-0.2, 0) is 10.2 Å². The van der Waals surface area contributed by atoms with Gasteiger partial charge in [0.05, 0.1) is 12.0 Å². The Balaban J connectivity index is 1.74. The molecule has 2 N–H and O–H groups in total. The van der Waals surface area contributed by atoms with E-state index in [2.05, 4.69) is 41.6 Å². The van der Waals surface area contributed by atoms with Crippen molar-refractivity contribution in [1.29, 1.82) is 0 Å². The second-order valence-electron chi connectivity index (χ2n) is 6.60. The summed E-state index contributed by atoms with van der Waals surface area (Å²) in [5.74, 6) is 0.109. The molecule has 2 aromatic rings. The number of benzene rings is 1. The van der Waals surface area contributed by atoms with Gasteiger partial charge >= 0.3 is 0 Å². The van der Waals surface area contributed by atoms with E-state index in [0.29, 0.717) is 4.32 Å². The number of carbonyl (C=O) groups is 1. The molecule has 0 unspecified atom stereocenters. The summed E-state index contributed by atoms with van der Waals surface area (Å²) in [4.78, 5) is 16.0. The minimum Gasteiger partial charge on any atom is -0.325 e. The number of amides is 1. The van der Waals surface area contributed by atoms with Crippen LogP contribution in [-0.4, -0.2) is 27.2 Å². The fraction of sp³-hybridized carbons (Fsp3) is 0.263. The Labute approximate surface area is 163 Å². The van der Waals surface area contributed by atoms with Crippen LogP contribution in [0.25, 0.3) is 0 Å². The van der Waals surface area contributed by atoms with Crippen LogP contribution < -0.4 is 10.7 Å². The van der Waals surface area contributed by atoms with Crippen LogP contribution in [0.5, 0.6) is 0 Å². The maximum atomic E-state index is 12.0. The lowest BCUT2D eigenvalue weighted by atomic mass is 9.87. The maximum absolute atomic E-state index is 12.0. The first kappa shape index (κ1) is 20.1. The highest BCUT2D eigenvalue weighted by atomic mass is 32.2. The normalized spacial score (nSPS) is 11.3. The van der Waals surface area contributed by atoms with E-state index in [1.54, 1.807) is 18.6 Å². The van der Waals surface area contributed by atoms with Crippen LogP contribution in [0.3, 0.4) is 0 Å². The number of hydrogen-bond donors (Lipinski definition) is 2. The lowest BCUT2D eigenvalue weighted by molar-refractivity contribution is -0.113. The van der Waals surface area contributed by atoms with Crippen molar-refractivity contribution in [3.05, 3.63) is 59.9 Å².